The van der Waals surface area contributed by atoms with E-state index >= 15 is 0 Å². The maximum atomic E-state index is 10.7. The van der Waals surface area contributed by atoms with Gasteiger partial charge in [0.2, 0.25) is 0 Å². The smallest absolute Gasteiger partial charge is 0.325 e. The van der Waals surface area contributed by atoms with E-state index < -0.39 is 12.0 Å². The van der Waals surface area contributed by atoms with Crippen LogP contribution in [0.3, 0.4) is 0 Å². The van der Waals surface area contributed by atoms with Crippen molar-refractivity contribution in [2.24, 2.45) is 0 Å². The standard InChI is InChI=1S/C13H18N2O3/c1-10(13(16)17)14-11-2-4-12(5-3-11)15-6-8-18-9-7-15/h2-5,10,14H,6-9H2,1H3,(H,16,17). The molecule has 0 saturated carbocycles. The lowest BCUT2D eigenvalue weighted by atomic mass is 10.2. The molecule has 1 aliphatic rings. The van der Waals surface area contributed by atoms with Crippen LogP contribution in [0.5, 0.6) is 0 Å². The lowest BCUT2D eigenvalue weighted by Gasteiger charge is -2.29. The normalized spacial score (nSPS) is 17.3. The Labute approximate surface area is 106 Å². The summed E-state index contributed by atoms with van der Waals surface area (Å²) in [7, 11) is 0. The topological polar surface area (TPSA) is 61.8 Å². The Hall–Kier alpha value is -1.75. The lowest BCUT2D eigenvalue weighted by molar-refractivity contribution is -0.137. The van der Waals surface area contributed by atoms with Crippen molar-refractivity contribution in [3.05, 3.63) is 24.3 Å². The summed E-state index contributed by atoms with van der Waals surface area (Å²) in [5, 5.41) is 11.7. The molecule has 1 aromatic carbocycles. The number of benzene rings is 1. The van der Waals surface area contributed by atoms with Crippen molar-refractivity contribution in [2.75, 3.05) is 36.5 Å². The molecule has 0 aliphatic carbocycles. The molecule has 1 atom stereocenters. The Morgan fingerprint density at radius 2 is 1.94 bits per heavy atom. The molecule has 5 nitrogen and oxygen atoms in total. The summed E-state index contributed by atoms with van der Waals surface area (Å²) in [5.41, 5.74) is 1.97. The van der Waals surface area contributed by atoms with E-state index in [1.807, 2.05) is 24.3 Å². The highest BCUT2D eigenvalue weighted by atomic mass is 16.5. The number of nitrogens with zero attached hydrogens (tertiary/aromatic N) is 1. The van der Waals surface area contributed by atoms with Crippen LogP contribution in [-0.4, -0.2) is 43.4 Å². The van der Waals surface area contributed by atoms with Gasteiger partial charge in [0.15, 0.2) is 0 Å². The number of nitrogens with one attached hydrogen (secondary N) is 1. The number of hydrogen-bond donors (Lipinski definition) is 2. The number of carbonyl (C=O) groups is 1. The minimum absolute atomic E-state index is 0.584. The third-order valence-electron chi connectivity index (χ3n) is 3.00. The number of carboxylic acid groups (broad SMARTS) is 1. The van der Waals surface area contributed by atoms with Crippen LogP contribution < -0.4 is 10.2 Å². The zero-order valence-electron chi connectivity index (χ0n) is 10.4. The van der Waals surface area contributed by atoms with Crippen LogP contribution in [-0.2, 0) is 9.53 Å². The Bertz CT molecular complexity index is 399. The number of anilines is 2. The van der Waals surface area contributed by atoms with Gasteiger partial charge in [-0.1, -0.05) is 0 Å². The molecule has 1 unspecified atom stereocenters. The van der Waals surface area contributed by atoms with Gasteiger partial charge in [-0.2, -0.15) is 0 Å². The molecule has 1 aromatic rings. The fourth-order valence-electron chi connectivity index (χ4n) is 1.90. The van der Waals surface area contributed by atoms with Gasteiger partial charge in [-0.15, -0.1) is 0 Å². The second kappa shape index (κ2) is 5.73. The molecule has 0 spiro atoms. The first-order valence-corrected chi connectivity index (χ1v) is 6.09. The number of ether oxygens (including phenoxy) is 1. The first kappa shape index (κ1) is 12.7. The van der Waals surface area contributed by atoms with Gasteiger partial charge in [0.25, 0.3) is 0 Å². The second-order valence-corrected chi connectivity index (χ2v) is 4.35. The van der Waals surface area contributed by atoms with Crippen molar-refractivity contribution in [2.45, 2.75) is 13.0 Å². The van der Waals surface area contributed by atoms with Crippen molar-refractivity contribution in [3.8, 4) is 0 Å². The Morgan fingerprint density at radius 3 is 2.50 bits per heavy atom. The van der Waals surface area contributed by atoms with Crippen LogP contribution >= 0.6 is 0 Å². The molecule has 1 heterocycles. The second-order valence-electron chi connectivity index (χ2n) is 4.35. The van der Waals surface area contributed by atoms with Crippen LogP contribution in [0.4, 0.5) is 11.4 Å². The van der Waals surface area contributed by atoms with E-state index in [1.54, 1.807) is 6.92 Å². The van der Waals surface area contributed by atoms with Gasteiger partial charge in [0, 0.05) is 24.5 Å². The van der Waals surface area contributed by atoms with Crippen molar-refractivity contribution < 1.29 is 14.6 Å². The summed E-state index contributed by atoms with van der Waals surface area (Å²) in [6, 6.07) is 7.23. The summed E-state index contributed by atoms with van der Waals surface area (Å²) in [4.78, 5) is 13.0. The number of hydrogen-bond acceptors (Lipinski definition) is 4. The van der Waals surface area contributed by atoms with Crippen molar-refractivity contribution in [3.63, 3.8) is 0 Å². The molecule has 18 heavy (non-hydrogen) atoms. The highest BCUT2D eigenvalue weighted by molar-refractivity contribution is 5.76. The first-order valence-electron chi connectivity index (χ1n) is 6.09. The quantitative estimate of drug-likeness (QED) is 0.846. The zero-order valence-corrected chi connectivity index (χ0v) is 10.4. The Kier molecular flexibility index (Phi) is 4.04. The molecule has 1 aliphatic heterocycles. The van der Waals surface area contributed by atoms with Gasteiger partial charge < -0.3 is 20.1 Å². The molecule has 0 bridgehead atoms. The Balaban J connectivity index is 1.98. The van der Waals surface area contributed by atoms with Crippen LogP contribution in [0.2, 0.25) is 0 Å². The molecular weight excluding hydrogens is 232 g/mol. The number of aliphatic carboxylic acids is 1. The summed E-state index contributed by atoms with van der Waals surface area (Å²) in [6.07, 6.45) is 0. The van der Waals surface area contributed by atoms with Gasteiger partial charge in [-0.05, 0) is 31.2 Å². The molecule has 2 rings (SSSR count). The van der Waals surface area contributed by atoms with Crippen LogP contribution in [0.1, 0.15) is 6.92 Å². The van der Waals surface area contributed by atoms with Crippen LogP contribution in [0, 0.1) is 0 Å². The average molecular weight is 250 g/mol. The van der Waals surface area contributed by atoms with Gasteiger partial charge in [0.05, 0.1) is 13.2 Å². The van der Waals surface area contributed by atoms with Crippen molar-refractivity contribution >= 4 is 17.3 Å². The van der Waals surface area contributed by atoms with E-state index in [1.165, 1.54) is 0 Å². The molecular formula is C13H18N2O3. The number of morpholine rings is 1. The monoisotopic (exact) mass is 250 g/mol. The van der Waals surface area contributed by atoms with E-state index in [2.05, 4.69) is 10.2 Å². The maximum Gasteiger partial charge on any atom is 0.325 e. The highest BCUT2D eigenvalue weighted by Gasteiger charge is 2.12. The van der Waals surface area contributed by atoms with Gasteiger partial charge in [-0.25, -0.2) is 0 Å². The summed E-state index contributed by atoms with van der Waals surface area (Å²) in [5.74, 6) is -0.854. The third-order valence-corrected chi connectivity index (χ3v) is 3.00. The van der Waals surface area contributed by atoms with E-state index in [4.69, 9.17) is 9.84 Å². The van der Waals surface area contributed by atoms with Gasteiger partial charge >= 0.3 is 5.97 Å². The largest absolute Gasteiger partial charge is 0.480 e. The van der Waals surface area contributed by atoms with Crippen molar-refractivity contribution in [1.82, 2.24) is 0 Å². The SMILES string of the molecule is CC(Nc1ccc(N2CCOCC2)cc1)C(=O)O. The predicted molar refractivity (Wildman–Crippen MR) is 70.2 cm³/mol. The van der Waals surface area contributed by atoms with Crippen LogP contribution in [0.25, 0.3) is 0 Å². The zero-order chi connectivity index (χ0) is 13.0. The van der Waals surface area contributed by atoms with Gasteiger partial charge in [-0.3, -0.25) is 4.79 Å². The van der Waals surface area contributed by atoms with E-state index in [0.29, 0.717) is 0 Å². The summed E-state index contributed by atoms with van der Waals surface area (Å²) < 4.78 is 5.30. The Morgan fingerprint density at radius 1 is 1.33 bits per heavy atom. The number of carboxylic acids is 1. The molecule has 0 radical (unpaired) electrons. The van der Waals surface area contributed by atoms with Crippen molar-refractivity contribution in [1.29, 1.82) is 0 Å². The molecule has 98 valence electrons. The van der Waals surface area contributed by atoms with Gasteiger partial charge in [0.1, 0.15) is 6.04 Å². The molecule has 1 saturated heterocycles. The number of rotatable bonds is 4. The van der Waals surface area contributed by atoms with Crippen LogP contribution in [0.15, 0.2) is 24.3 Å². The first-order chi connectivity index (χ1) is 8.66. The van der Waals surface area contributed by atoms with E-state index in [9.17, 15) is 4.79 Å². The third kappa shape index (κ3) is 3.13. The average Bonchev–Trinajstić information content (AvgIpc) is 2.40. The summed E-state index contributed by atoms with van der Waals surface area (Å²) >= 11 is 0. The molecule has 0 aromatic heterocycles. The highest BCUT2D eigenvalue weighted by Crippen LogP contribution is 2.19. The predicted octanol–water partition coefficient (Wildman–Crippen LogP) is 1.41. The van der Waals surface area contributed by atoms with E-state index in [-0.39, 0.29) is 0 Å². The minimum atomic E-state index is -0.854. The van der Waals surface area contributed by atoms with E-state index in [0.717, 1.165) is 37.7 Å². The lowest BCUT2D eigenvalue weighted by Crippen LogP contribution is -2.36. The molecule has 2 N–H and O–H groups in total. The minimum Gasteiger partial charge on any atom is -0.480 e. The molecule has 0 amide bonds. The molecule has 5 heteroatoms. The maximum absolute atomic E-state index is 10.7. The molecule has 1 fully saturated rings. The fourth-order valence-corrected chi connectivity index (χ4v) is 1.90. The fraction of sp³-hybridized carbons (Fsp3) is 0.462. The summed E-state index contributed by atoms with van der Waals surface area (Å²) in [6.45, 7) is 4.95.